The van der Waals surface area contributed by atoms with E-state index in [1.54, 1.807) is 49.4 Å². The Kier molecular flexibility index (Phi) is 6.85. The number of nitrogens with one attached hydrogen (secondary N) is 1. The van der Waals surface area contributed by atoms with E-state index >= 15 is 0 Å². The highest BCUT2D eigenvalue weighted by atomic mass is 32.2. The number of carbonyl (C=O) groups is 1. The molecule has 28 heavy (non-hydrogen) atoms. The van der Waals surface area contributed by atoms with Gasteiger partial charge in [0, 0.05) is 5.69 Å². The fourth-order valence-electron chi connectivity index (χ4n) is 2.71. The van der Waals surface area contributed by atoms with Gasteiger partial charge in [0.05, 0.1) is 11.9 Å². The van der Waals surface area contributed by atoms with E-state index in [1.165, 1.54) is 0 Å². The number of benzene rings is 2. The van der Waals surface area contributed by atoms with E-state index in [9.17, 15) is 13.2 Å². The molecule has 6 nitrogen and oxygen atoms in total. The van der Waals surface area contributed by atoms with Crippen molar-refractivity contribution in [3.05, 3.63) is 66.2 Å². The molecule has 0 heterocycles. The van der Waals surface area contributed by atoms with Gasteiger partial charge in [0.1, 0.15) is 18.4 Å². The van der Waals surface area contributed by atoms with Crippen molar-refractivity contribution in [3.63, 3.8) is 0 Å². The molecule has 0 unspecified atom stereocenters. The standard InChI is InChI=1S/C21H26N2O4S/c1-6-13-27-20-11-8-18(9-12-20)22-21(24)17(4)23(28(5,25)26)19-10-7-15(2)16(3)14-19/h6-12,14,17H,1,13H2,2-5H3,(H,22,24)/t17-/m1/s1. The minimum Gasteiger partial charge on any atom is -0.490 e. The van der Waals surface area contributed by atoms with Crippen LogP contribution in [0, 0.1) is 13.8 Å². The molecular weight excluding hydrogens is 376 g/mol. The number of hydrogen-bond acceptors (Lipinski definition) is 4. The summed E-state index contributed by atoms with van der Waals surface area (Å²) in [4.78, 5) is 12.7. The Balaban J connectivity index is 2.21. The van der Waals surface area contributed by atoms with Crippen LogP contribution >= 0.6 is 0 Å². The van der Waals surface area contributed by atoms with Gasteiger partial charge in [0.15, 0.2) is 0 Å². The Morgan fingerprint density at radius 2 is 1.82 bits per heavy atom. The molecule has 0 bridgehead atoms. The topological polar surface area (TPSA) is 75.7 Å². The zero-order valence-electron chi connectivity index (χ0n) is 16.6. The molecule has 2 rings (SSSR count). The number of sulfonamides is 1. The second-order valence-corrected chi connectivity index (χ2v) is 8.48. The zero-order valence-corrected chi connectivity index (χ0v) is 17.4. The fraction of sp³-hybridized carbons (Fsp3) is 0.286. The molecule has 0 saturated carbocycles. The van der Waals surface area contributed by atoms with Gasteiger partial charge in [-0.05, 0) is 68.3 Å². The van der Waals surface area contributed by atoms with Gasteiger partial charge in [-0.1, -0.05) is 18.7 Å². The van der Waals surface area contributed by atoms with E-state index in [1.807, 2.05) is 19.9 Å². The van der Waals surface area contributed by atoms with Gasteiger partial charge in [0.2, 0.25) is 15.9 Å². The maximum absolute atomic E-state index is 12.7. The molecule has 7 heteroatoms. The van der Waals surface area contributed by atoms with E-state index in [0.717, 1.165) is 21.7 Å². The molecule has 0 radical (unpaired) electrons. The van der Waals surface area contributed by atoms with Crippen LogP contribution in [-0.4, -0.2) is 33.2 Å². The number of nitrogens with zero attached hydrogens (tertiary/aromatic N) is 1. The molecule has 2 aromatic carbocycles. The molecule has 2 aromatic rings. The van der Waals surface area contributed by atoms with E-state index in [2.05, 4.69) is 11.9 Å². The molecule has 1 N–H and O–H groups in total. The van der Waals surface area contributed by atoms with E-state index < -0.39 is 22.0 Å². The largest absolute Gasteiger partial charge is 0.490 e. The van der Waals surface area contributed by atoms with E-state index in [4.69, 9.17) is 4.74 Å². The first-order valence-corrected chi connectivity index (χ1v) is 10.7. The van der Waals surface area contributed by atoms with Crippen molar-refractivity contribution in [1.82, 2.24) is 0 Å². The van der Waals surface area contributed by atoms with Crippen LogP contribution in [0.3, 0.4) is 0 Å². The molecule has 0 saturated heterocycles. The second kappa shape index (κ2) is 8.93. The number of aryl methyl sites for hydroxylation is 2. The van der Waals surface area contributed by atoms with Crippen LogP contribution < -0.4 is 14.4 Å². The van der Waals surface area contributed by atoms with Crippen LogP contribution in [0.1, 0.15) is 18.1 Å². The Hall–Kier alpha value is -2.80. The van der Waals surface area contributed by atoms with Gasteiger partial charge in [-0.25, -0.2) is 8.42 Å². The Labute approximate surface area is 166 Å². The Bertz CT molecular complexity index is 953. The van der Waals surface area contributed by atoms with Gasteiger partial charge in [-0.2, -0.15) is 0 Å². The monoisotopic (exact) mass is 402 g/mol. The highest BCUT2D eigenvalue weighted by Crippen LogP contribution is 2.24. The van der Waals surface area contributed by atoms with E-state index in [0.29, 0.717) is 23.7 Å². The predicted octanol–water partition coefficient (Wildman–Crippen LogP) is 3.66. The van der Waals surface area contributed by atoms with Crippen molar-refractivity contribution < 1.29 is 17.9 Å². The maximum Gasteiger partial charge on any atom is 0.247 e. The van der Waals surface area contributed by atoms with Crippen molar-refractivity contribution in [1.29, 1.82) is 0 Å². The van der Waals surface area contributed by atoms with Crippen molar-refractivity contribution in [2.75, 3.05) is 22.5 Å². The number of carbonyl (C=O) groups excluding carboxylic acids is 1. The second-order valence-electron chi connectivity index (χ2n) is 6.62. The third-order valence-electron chi connectivity index (χ3n) is 4.32. The quantitative estimate of drug-likeness (QED) is 0.684. The summed E-state index contributed by atoms with van der Waals surface area (Å²) >= 11 is 0. The molecule has 0 aromatic heterocycles. The third-order valence-corrected chi connectivity index (χ3v) is 5.56. The summed E-state index contributed by atoms with van der Waals surface area (Å²) in [6, 6.07) is 11.2. The van der Waals surface area contributed by atoms with E-state index in [-0.39, 0.29) is 0 Å². The molecule has 1 amide bonds. The Morgan fingerprint density at radius 1 is 1.18 bits per heavy atom. The summed E-state index contributed by atoms with van der Waals surface area (Å²) in [5, 5.41) is 2.75. The summed E-state index contributed by atoms with van der Waals surface area (Å²) in [6.45, 7) is 9.39. The van der Waals surface area contributed by atoms with Crippen LogP contribution in [0.15, 0.2) is 55.1 Å². The number of rotatable bonds is 8. The zero-order chi connectivity index (χ0) is 20.9. The molecule has 0 aliphatic heterocycles. The van der Waals surface area contributed by atoms with Gasteiger partial charge in [-0.15, -0.1) is 0 Å². The smallest absolute Gasteiger partial charge is 0.247 e. The van der Waals surface area contributed by atoms with Crippen molar-refractivity contribution >= 4 is 27.3 Å². The average molecular weight is 403 g/mol. The van der Waals surface area contributed by atoms with Crippen molar-refractivity contribution in [3.8, 4) is 5.75 Å². The van der Waals surface area contributed by atoms with Crippen LogP contribution in [0.4, 0.5) is 11.4 Å². The molecule has 0 aliphatic carbocycles. The van der Waals surface area contributed by atoms with Gasteiger partial charge < -0.3 is 10.1 Å². The first-order valence-electron chi connectivity index (χ1n) is 8.84. The number of anilines is 2. The summed E-state index contributed by atoms with van der Waals surface area (Å²) in [5.41, 5.74) is 3.01. The highest BCUT2D eigenvalue weighted by Gasteiger charge is 2.29. The van der Waals surface area contributed by atoms with Gasteiger partial charge in [-0.3, -0.25) is 9.10 Å². The lowest BCUT2D eigenvalue weighted by Gasteiger charge is -2.28. The SMILES string of the molecule is C=CCOc1ccc(NC(=O)[C@@H](C)N(c2ccc(C)c(C)c2)S(C)(=O)=O)cc1. The lowest BCUT2D eigenvalue weighted by molar-refractivity contribution is -0.116. The number of hydrogen-bond donors (Lipinski definition) is 1. The average Bonchev–Trinajstić information content (AvgIpc) is 2.63. The lowest BCUT2D eigenvalue weighted by atomic mass is 10.1. The van der Waals surface area contributed by atoms with Crippen LogP contribution in [0.5, 0.6) is 5.75 Å². The number of amides is 1. The van der Waals surface area contributed by atoms with Crippen molar-refractivity contribution in [2.45, 2.75) is 26.8 Å². The van der Waals surface area contributed by atoms with Gasteiger partial charge in [0.25, 0.3) is 0 Å². The minimum atomic E-state index is -3.66. The minimum absolute atomic E-state index is 0.391. The molecule has 0 fully saturated rings. The lowest BCUT2D eigenvalue weighted by Crippen LogP contribution is -2.45. The summed E-state index contributed by atoms with van der Waals surface area (Å²) < 4.78 is 31.3. The fourth-order valence-corrected chi connectivity index (χ4v) is 3.87. The van der Waals surface area contributed by atoms with Crippen molar-refractivity contribution in [2.24, 2.45) is 0 Å². The van der Waals surface area contributed by atoms with Crippen LogP contribution in [0.25, 0.3) is 0 Å². The highest BCUT2D eigenvalue weighted by molar-refractivity contribution is 7.92. The van der Waals surface area contributed by atoms with Gasteiger partial charge >= 0.3 is 0 Å². The third kappa shape index (κ3) is 5.36. The summed E-state index contributed by atoms with van der Waals surface area (Å²) in [6.07, 6.45) is 2.74. The molecule has 0 spiro atoms. The number of ether oxygens (including phenoxy) is 1. The van der Waals surface area contributed by atoms with Crippen LogP contribution in [0.2, 0.25) is 0 Å². The van der Waals surface area contributed by atoms with Crippen LogP contribution in [-0.2, 0) is 14.8 Å². The molecule has 150 valence electrons. The Morgan fingerprint density at radius 3 is 2.36 bits per heavy atom. The first-order chi connectivity index (χ1) is 13.1. The predicted molar refractivity (Wildman–Crippen MR) is 113 cm³/mol. The summed E-state index contributed by atoms with van der Waals surface area (Å²) in [5.74, 6) is 0.224. The molecule has 0 aliphatic rings. The normalized spacial score (nSPS) is 12.1. The summed E-state index contributed by atoms with van der Waals surface area (Å²) in [7, 11) is -3.66. The molecular formula is C21H26N2O4S. The first kappa shape index (κ1) is 21.5. The molecule has 1 atom stereocenters. The maximum atomic E-state index is 12.7.